The van der Waals surface area contributed by atoms with Crippen LogP contribution < -0.4 is 14.4 Å². The number of ketones is 1. The number of methoxy groups -OCH3 is 2. The highest BCUT2D eigenvalue weighted by Crippen LogP contribution is 2.46. The van der Waals surface area contributed by atoms with Gasteiger partial charge in [0.2, 0.25) is 5.91 Å². The van der Waals surface area contributed by atoms with Gasteiger partial charge in [-0.2, -0.15) is 5.26 Å². The number of carbonyl (C=O) groups excluding carboxylic acids is 2. The molecule has 6 nitrogen and oxygen atoms in total. The summed E-state index contributed by atoms with van der Waals surface area (Å²) in [4.78, 5) is 28.0. The highest BCUT2D eigenvalue weighted by Gasteiger charge is 2.41. The Hall–Kier alpha value is -3.59. The molecule has 1 atom stereocenters. The Morgan fingerprint density at radius 2 is 1.87 bits per heavy atom. The minimum absolute atomic E-state index is 0.0399. The maximum Gasteiger partial charge on any atom is 0.232 e. The quantitative estimate of drug-likeness (QED) is 0.769. The molecule has 1 aliphatic carbocycles. The summed E-state index contributed by atoms with van der Waals surface area (Å²) < 4.78 is 10.9. The Bertz CT molecular complexity index is 1100. The van der Waals surface area contributed by atoms with Crippen LogP contribution in [0.2, 0.25) is 0 Å². The SMILES string of the molecule is COc1ccc(OC)c(C2CC(=O)N(c3ccccc3C#N)C3=C2C(=O)CCC3)c1. The summed E-state index contributed by atoms with van der Waals surface area (Å²) >= 11 is 0. The van der Waals surface area contributed by atoms with Crippen molar-refractivity contribution in [2.75, 3.05) is 19.1 Å². The summed E-state index contributed by atoms with van der Waals surface area (Å²) in [6.07, 6.45) is 1.85. The summed E-state index contributed by atoms with van der Waals surface area (Å²) in [5, 5.41) is 9.54. The maximum atomic E-state index is 13.4. The average Bonchev–Trinajstić information content (AvgIpc) is 2.78. The molecule has 0 aromatic heterocycles. The van der Waals surface area contributed by atoms with Gasteiger partial charge in [-0.3, -0.25) is 14.5 Å². The lowest BCUT2D eigenvalue weighted by atomic mass is 9.76. The van der Waals surface area contributed by atoms with E-state index in [-0.39, 0.29) is 18.1 Å². The van der Waals surface area contributed by atoms with Gasteiger partial charge in [0.25, 0.3) is 0 Å². The molecule has 30 heavy (non-hydrogen) atoms. The third kappa shape index (κ3) is 3.22. The van der Waals surface area contributed by atoms with Gasteiger partial charge < -0.3 is 9.47 Å². The van der Waals surface area contributed by atoms with Gasteiger partial charge in [-0.15, -0.1) is 0 Å². The van der Waals surface area contributed by atoms with Gasteiger partial charge in [0.15, 0.2) is 5.78 Å². The zero-order valence-corrected chi connectivity index (χ0v) is 17.0. The Balaban J connectivity index is 1.92. The van der Waals surface area contributed by atoms with Gasteiger partial charge in [0, 0.05) is 35.6 Å². The summed E-state index contributed by atoms with van der Waals surface area (Å²) in [5.41, 5.74) is 3.04. The largest absolute Gasteiger partial charge is 0.497 e. The molecule has 0 saturated carbocycles. The van der Waals surface area contributed by atoms with Gasteiger partial charge in [-0.25, -0.2) is 0 Å². The van der Waals surface area contributed by atoms with Crippen molar-refractivity contribution < 1.29 is 19.1 Å². The lowest BCUT2D eigenvalue weighted by Crippen LogP contribution is -2.41. The third-order valence-corrected chi connectivity index (χ3v) is 5.75. The molecule has 2 aromatic rings. The molecule has 6 heteroatoms. The first-order valence-electron chi connectivity index (χ1n) is 9.89. The van der Waals surface area contributed by atoms with Crippen LogP contribution >= 0.6 is 0 Å². The standard InChI is InChI=1S/C24H22N2O4/c1-29-16-10-11-22(30-2)17(12-16)18-13-23(28)26(19-7-4-3-6-15(19)14-25)20-8-5-9-21(27)24(18)20/h3-4,6-7,10-12,18H,5,8-9,13H2,1-2H3. The number of rotatable bonds is 4. The normalized spacial score (nSPS) is 18.7. The average molecular weight is 402 g/mol. The highest BCUT2D eigenvalue weighted by atomic mass is 16.5. The van der Waals surface area contributed by atoms with Crippen molar-refractivity contribution in [2.24, 2.45) is 0 Å². The minimum Gasteiger partial charge on any atom is -0.497 e. The van der Waals surface area contributed by atoms with Crippen molar-refractivity contribution in [3.05, 3.63) is 64.9 Å². The molecule has 0 spiro atoms. The minimum atomic E-state index is -0.407. The van der Waals surface area contributed by atoms with E-state index >= 15 is 0 Å². The molecule has 1 heterocycles. The molecule has 0 radical (unpaired) electrons. The van der Waals surface area contributed by atoms with Gasteiger partial charge in [-0.1, -0.05) is 12.1 Å². The van der Waals surface area contributed by atoms with Crippen LogP contribution in [-0.2, 0) is 9.59 Å². The van der Waals surface area contributed by atoms with Crippen LogP contribution in [0.1, 0.15) is 42.7 Å². The van der Waals surface area contributed by atoms with Crippen molar-refractivity contribution in [1.82, 2.24) is 0 Å². The lowest BCUT2D eigenvalue weighted by Gasteiger charge is -2.38. The second-order valence-electron chi connectivity index (χ2n) is 7.36. The number of Topliss-reactive ketones (excluding diaryl/α,β-unsaturated/α-hetero) is 1. The number of para-hydroxylation sites is 1. The molecular weight excluding hydrogens is 380 g/mol. The second-order valence-corrected chi connectivity index (χ2v) is 7.36. The first-order valence-corrected chi connectivity index (χ1v) is 9.89. The van der Waals surface area contributed by atoms with Gasteiger partial charge in [0.05, 0.1) is 25.5 Å². The zero-order valence-electron chi connectivity index (χ0n) is 17.0. The molecule has 152 valence electrons. The van der Waals surface area contributed by atoms with E-state index in [9.17, 15) is 14.9 Å². The number of hydrogen-bond donors (Lipinski definition) is 0. The topological polar surface area (TPSA) is 79.6 Å². The molecule has 0 saturated heterocycles. The van der Waals surface area contributed by atoms with Gasteiger partial charge in [-0.05, 0) is 43.2 Å². The van der Waals surface area contributed by atoms with E-state index in [1.807, 2.05) is 6.07 Å². The van der Waals surface area contributed by atoms with Crippen LogP contribution in [0, 0.1) is 11.3 Å². The number of ether oxygens (including phenoxy) is 2. The van der Waals surface area contributed by atoms with Crippen molar-refractivity contribution in [2.45, 2.75) is 31.6 Å². The van der Waals surface area contributed by atoms with Crippen LogP contribution in [0.5, 0.6) is 11.5 Å². The molecule has 0 fully saturated rings. The van der Waals surface area contributed by atoms with Gasteiger partial charge in [0.1, 0.15) is 17.6 Å². The number of allylic oxidation sites excluding steroid dienone is 2. The number of hydrogen-bond acceptors (Lipinski definition) is 5. The van der Waals surface area contributed by atoms with Crippen molar-refractivity contribution >= 4 is 17.4 Å². The molecule has 1 unspecified atom stereocenters. The van der Waals surface area contributed by atoms with E-state index in [1.165, 1.54) is 0 Å². The van der Waals surface area contributed by atoms with Crippen LogP contribution in [0.15, 0.2) is 53.7 Å². The number of nitrogens with zero attached hydrogens (tertiary/aromatic N) is 2. The third-order valence-electron chi connectivity index (χ3n) is 5.75. The van der Waals surface area contributed by atoms with E-state index in [2.05, 4.69) is 6.07 Å². The summed E-state index contributed by atoms with van der Waals surface area (Å²) in [7, 11) is 3.15. The van der Waals surface area contributed by atoms with Gasteiger partial charge >= 0.3 is 0 Å². The van der Waals surface area contributed by atoms with Crippen LogP contribution in [0.3, 0.4) is 0 Å². The molecule has 2 aromatic carbocycles. The number of benzene rings is 2. The molecule has 1 aliphatic heterocycles. The Kier molecular flexibility index (Phi) is 5.28. The second kappa shape index (κ2) is 8.03. The van der Waals surface area contributed by atoms with Crippen LogP contribution in [-0.4, -0.2) is 25.9 Å². The predicted octanol–water partition coefficient (Wildman–Crippen LogP) is 4.10. The summed E-state index contributed by atoms with van der Waals surface area (Å²) in [6.45, 7) is 0. The number of anilines is 1. The fraction of sp³-hybridized carbons (Fsp3) is 0.292. The van der Waals surface area contributed by atoms with Crippen molar-refractivity contribution in [1.29, 1.82) is 5.26 Å². The Labute approximate surface area is 175 Å². The maximum absolute atomic E-state index is 13.4. The number of nitriles is 1. The van der Waals surface area contributed by atoms with Crippen LogP contribution in [0.4, 0.5) is 5.69 Å². The first-order chi connectivity index (χ1) is 14.6. The summed E-state index contributed by atoms with van der Waals surface area (Å²) in [5.74, 6) is 0.751. The van der Waals surface area contributed by atoms with Crippen molar-refractivity contribution in [3.8, 4) is 17.6 Å². The Morgan fingerprint density at radius 1 is 1.07 bits per heavy atom. The zero-order chi connectivity index (χ0) is 21.3. The number of carbonyl (C=O) groups is 2. The van der Waals surface area contributed by atoms with E-state index in [0.29, 0.717) is 53.3 Å². The fourth-order valence-corrected chi connectivity index (χ4v) is 4.41. The fourth-order valence-electron chi connectivity index (χ4n) is 4.41. The molecule has 2 aliphatic rings. The summed E-state index contributed by atoms with van der Waals surface area (Å²) in [6, 6.07) is 14.6. The van der Waals surface area contributed by atoms with Crippen molar-refractivity contribution in [3.63, 3.8) is 0 Å². The monoisotopic (exact) mass is 402 g/mol. The van der Waals surface area contributed by atoms with Crippen LogP contribution in [0.25, 0.3) is 0 Å². The highest BCUT2D eigenvalue weighted by molar-refractivity contribution is 6.08. The predicted molar refractivity (Wildman–Crippen MR) is 111 cm³/mol. The van der Waals surface area contributed by atoms with E-state index in [1.54, 1.807) is 55.5 Å². The molecule has 0 bridgehead atoms. The van der Waals surface area contributed by atoms with E-state index in [0.717, 1.165) is 5.56 Å². The van der Waals surface area contributed by atoms with E-state index < -0.39 is 5.92 Å². The smallest absolute Gasteiger partial charge is 0.232 e. The molecule has 1 amide bonds. The van der Waals surface area contributed by atoms with E-state index in [4.69, 9.17) is 9.47 Å². The Morgan fingerprint density at radius 3 is 2.60 bits per heavy atom. The first kappa shape index (κ1) is 19.7. The number of amides is 1. The lowest BCUT2D eigenvalue weighted by molar-refractivity contribution is -0.119. The molecular formula is C24H22N2O4. The molecule has 4 rings (SSSR count). The molecule has 0 N–H and O–H groups in total.